The van der Waals surface area contributed by atoms with Crippen LogP contribution >= 0.6 is 22.9 Å². The van der Waals surface area contributed by atoms with Gasteiger partial charge >= 0.3 is 0 Å². The van der Waals surface area contributed by atoms with Gasteiger partial charge in [-0.25, -0.2) is 4.98 Å². The minimum absolute atomic E-state index is 0.205. The van der Waals surface area contributed by atoms with Crippen LogP contribution in [0.1, 0.15) is 70.0 Å². The van der Waals surface area contributed by atoms with Crippen molar-refractivity contribution < 1.29 is 24.5 Å². The number of carbonyl (C=O) groups is 2. The SMILES string of the molecule is C/C1=C/C[C@@H](/C(Cl)=C/c2csc(C)n2)NC(=O)C[C@H](O)C2(CCC2)C(=O)[C@H](C)[C@H](O)[C@@H](C)OCC1. The Kier molecular flexibility index (Phi) is 9.68. The van der Waals surface area contributed by atoms with Crippen molar-refractivity contribution >= 4 is 40.7 Å². The van der Waals surface area contributed by atoms with E-state index in [4.69, 9.17) is 16.3 Å². The molecule has 1 aromatic rings. The summed E-state index contributed by atoms with van der Waals surface area (Å²) in [5, 5.41) is 28.0. The number of nitrogens with zero attached hydrogens (tertiary/aromatic N) is 1. The largest absolute Gasteiger partial charge is 0.392 e. The molecule has 1 fully saturated rings. The summed E-state index contributed by atoms with van der Waals surface area (Å²) in [6.45, 7) is 7.72. The number of aryl methyl sites for hydroxylation is 1. The Bertz CT molecular complexity index is 971. The van der Waals surface area contributed by atoms with E-state index >= 15 is 0 Å². The highest BCUT2D eigenvalue weighted by Crippen LogP contribution is 2.48. The maximum atomic E-state index is 13.4. The number of ether oxygens (including phenoxy) is 1. The molecule has 7 nitrogen and oxygen atoms in total. The van der Waals surface area contributed by atoms with E-state index in [0.29, 0.717) is 37.3 Å². The number of aromatic nitrogens is 1. The fourth-order valence-electron chi connectivity index (χ4n) is 4.80. The van der Waals surface area contributed by atoms with Gasteiger partial charge in [0, 0.05) is 16.3 Å². The monoisotopic (exact) mass is 524 g/mol. The van der Waals surface area contributed by atoms with Gasteiger partial charge in [-0.3, -0.25) is 9.59 Å². The molecule has 0 radical (unpaired) electrons. The molecule has 1 amide bonds. The first-order valence-electron chi connectivity index (χ1n) is 12.3. The first-order valence-corrected chi connectivity index (χ1v) is 13.6. The third kappa shape index (κ3) is 6.80. The van der Waals surface area contributed by atoms with Crippen molar-refractivity contribution in [3.05, 3.63) is 32.8 Å². The van der Waals surface area contributed by atoms with Crippen molar-refractivity contribution in [1.82, 2.24) is 10.3 Å². The summed E-state index contributed by atoms with van der Waals surface area (Å²) in [6, 6.07) is -0.491. The molecule has 0 unspecified atom stereocenters. The molecule has 1 aliphatic carbocycles. The number of halogens is 1. The first kappa shape index (κ1) is 28.0. The Hall–Kier alpha value is -1.58. The van der Waals surface area contributed by atoms with E-state index in [1.165, 1.54) is 11.3 Å². The van der Waals surface area contributed by atoms with Crippen LogP contribution in [0, 0.1) is 18.3 Å². The topological polar surface area (TPSA) is 109 Å². The number of thiazole rings is 1. The highest BCUT2D eigenvalue weighted by molar-refractivity contribution is 7.09. The van der Waals surface area contributed by atoms with Crippen LogP contribution in [0.25, 0.3) is 6.08 Å². The van der Waals surface area contributed by atoms with Crippen LogP contribution in [-0.2, 0) is 14.3 Å². The standard InChI is InChI=1S/C26H37ClN2O5S/c1-15-6-7-21(20(27)12-19-14-35-18(4)28-19)29-23(31)13-22(30)26(9-5-10-26)25(33)16(2)24(32)17(3)34-11-8-15/h6,12,14,16-17,21-22,24,30,32H,5,7-11,13H2,1-4H3,(H,29,31)/b15-6-,20-12-/t16-,17-,21+,22+,24+/m1/s1. The third-order valence-corrected chi connectivity index (χ3v) is 8.49. The number of aliphatic hydroxyl groups excluding tert-OH is 2. The van der Waals surface area contributed by atoms with E-state index in [1.807, 2.05) is 25.3 Å². The van der Waals surface area contributed by atoms with Gasteiger partial charge in [-0.1, -0.05) is 36.6 Å². The van der Waals surface area contributed by atoms with Crippen LogP contribution in [0.3, 0.4) is 0 Å². The lowest BCUT2D eigenvalue weighted by Crippen LogP contribution is -2.54. The van der Waals surface area contributed by atoms with Crippen LogP contribution in [0.4, 0.5) is 0 Å². The first-order chi connectivity index (χ1) is 16.5. The van der Waals surface area contributed by atoms with Crippen molar-refractivity contribution in [3.63, 3.8) is 0 Å². The average Bonchev–Trinajstić information content (AvgIpc) is 3.18. The molecule has 2 heterocycles. The number of hydrogen-bond acceptors (Lipinski definition) is 7. The maximum Gasteiger partial charge on any atom is 0.223 e. The molecule has 1 aliphatic heterocycles. The number of ketones is 1. The Balaban J connectivity index is 1.87. The lowest BCUT2D eigenvalue weighted by Gasteiger charge is -2.46. The second kappa shape index (κ2) is 12.1. The summed E-state index contributed by atoms with van der Waals surface area (Å²) in [7, 11) is 0. The van der Waals surface area contributed by atoms with Gasteiger partial charge in [0.05, 0.1) is 53.5 Å². The summed E-state index contributed by atoms with van der Waals surface area (Å²) in [5.41, 5.74) is 0.774. The zero-order chi connectivity index (χ0) is 25.8. The zero-order valence-corrected chi connectivity index (χ0v) is 22.5. The minimum Gasteiger partial charge on any atom is -0.392 e. The number of nitrogens with one attached hydrogen (secondary N) is 1. The minimum atomic E-state index is -1.13. The molecule has 3 N–H and O–H groups in total. The van der Waals surface area contributed by atoms with Gasteiger partial charge in [-0.2, -0.15) is 0 Å². The maximum absolute atomic E-state index is 13.4. The van der Waals surface area contributed by atoms with Crippen molar-refractivity contribution in [1.29, 1.82) is 0 Å². The molecule has 3 rings (SSSR count). The molecule has 0 saturated heterocycles. The number of amides is 1. The van der Waals surface area contributed by atoms with Crippen molar-refractivity contribution in [2.45, 2.75) is 90.6 Å². The summed E-state index contributed by atoms with van der Waals surface area (Å²) in [5.74, 6) is -1.28. The Labute approximate surface area is 216 Å². The average molecular weight is 525 g/mol. The summed E-state index contributed by atoms with van der Waals surface area (Å²) in [6.07, 6.45) is 3.82. The van der Waals surface area contributed by atoms with E-state index in [2.05, 4.69) is 10.3 Å². The van der Waals surface area contributed by atoms with Crippen molar-refractivity contribution in [3.8, 4) is 0 Å². The fourth-order valence-corrected chi connectivity index (χ4v) is 5.62. The molecule has 0 bridgehead atoms. The third-order valence-electron chi connectivity index (χ3n) is 7.33. The molecule has 1 aromatic heterocycles. The summed E-state index contributed by atoms with van der Waals surface area (Å²) >= 11 is 8.16. The number of Topliss-reactive ketones (excluding diaryl/α,β-unsaturated/α-hetero) is 1. The number of rotatable bonds is 2. The normalized spacial score (nSPS) is 33.1. The fraction of sp³-hybridized carbons (Fsp3) is 0.654. The van der Waals surface area contributed by atoms with Crippen LogP contribution in [0.2, 0.25) is 0 Å². The van der Waals surface area contributed by atoms with E-state index in [-0.39, 0.29) is 18.1 Å². The Morgan fingerprint density at radius 2 is 2.00 bits per heavy atom. The highest BCUT2D eigenvalue weighted by atomic mass is 35.5. The second-order valence-electron chi connectivity index (χ2n) is 9.93. The van der Waals surface area contributed by atoms with E-state index in [0.717, 1.165) is 22.7 Å². The molecular formula is C26H37ClN2O5S. The molecule has 9 heteroatoms. The quantitative estimate of drug-likeness (QED) is 0.501. The van der Waals surface area contributed by atoms with Crippen LogP contribution in [-0.4, -0.2) is 57.8 Å². The summed E-state index contributed by atoms with van der Waals surface area (Å²) in [4.78, 5) is 30.8. The zero-order valence-electron chi connectivity index (χ0n) is 20.9. The lowest BCUT2D eigenvalue weighted by atomic mass is 9.59. The van der Waals surface area contributed by atoms with Crippen LogP contribution in [0.5, 0.6) is 0 Å². The second-order valence-corrected chi connectivity index (χ2v) is 11.4. The lowest BCUT2D eigenvalue weighted by molar-refractivity contribution is -0.157. The molecule has 35 heavy (non-hydrogen) atoms. The van der Waals surface area contributed by atoms with Gasteiger partial charge in [-0.05, 0) is 52.5 Å². The molecule has 0 aromatic carbocycles. The van der Waals surface area contributed by atoms with Gasteiger partial charge in [0.15, 0.2) is 0 Å². The molecule has 1 saturated carbocycles. The molecule has 2 aliphatic rings. The van der Waals surface area contributed by atoms with Gasteiger partial charge in [-0.15, -0.1) is 11.3 Å². The van der Waals surface area contributed by atoms with Gasteiger partial charge < -0.3 is 20.3 Å². The smallest absolute Gasteiger partial charge is 0.223 e. The highest BCUT2D eigenvalue weighted by Gasteiger charge is 2.52. The van der Waals surface area contributed by atoms with Gasteiger partial charge in [0.1, 0.15) is 5.78 Å². The number of aliphatic hydroxyl groups is 2. The summed E-state index contributed by atoms with van der Waals surface area (Å²) < 4.78 is 5.84. The van der Waals surface area contributed by atoms with Gasteiger partial charge in [0.2, 0.25) is 5.91 Å². The van der Waals surface area contributed by atoms with Crippen molar-refractivity contribution in [2.75, 3.05) is 6.61 Å². The predicted molar refractivity (Wildman–Crippen MR) is 138 cm³/mol. The molecule has 194 valence electrons. The number of hydrogen-bond donors (Lipinski definition) is 3. The number of carbonyl (C=O) groups excluding carboxylic acids is 2. The van der Waals surface area contributed by atoms with Crippen LogP contribution in [0.15, 0.2) is 22.1 Å². The van der Waals surface area contributed by atoms with Crippen LogP contribution < -0.4 is 5.32 Å². The molecule has 5 atom stereocenters. The van der Waals surface area contributed by atoms with Gasteiger partial charge in [0.25, 0.3) is 0 Å². The molecule has 1 spiro atoms. The van der Waals surface area contributed by atoms with E-state index in [1.54, 1.807) is 19.9 Å². The Morgan fingerprint density at radius 1 is 1.29 bits per heavy atom. The van der Waals surface area contributed by atoms with Crippen molar-refractivity contribution in [2.24, 2.45) is 11.3 Å². The van der Waals surface area contributed by atoms with E-state index < -0.39 is 35.7 Å². The van der Waals surface area contributed by atoms with E-state index in [9.17, 15) is 19.8 Å². The predicted octanol–water partition coefficient (Wildman–Crippen LogP) is 4.15. The Morgan fingerprint density at radius 3 is 2.60 bits per heavy atom. The molecular weight excluding hydrogens is 488 g/mol.